The SMILES string of the molecule is N#Cc1cc(C#N)cc(N2c3cc4ccccc4cc3B3c4cc5ccccc5cc4N(c4cc(C#N)cc(C#N)c4)c4cc(-c5ccc6c7ccccc7n(-c7ccccc7)c6c5)cc2c43)c1. The van der Waals surface area contributed by atoms with E-state index in [2.05, 4.69) is 178 Å². The summed E-state index contributed by atoms with van der Waals surface area (Å²) in [5.41, 5.74) is 14.8. The molecule has 0 radical (unpaired) electrons. The number of nitrogens with zero attached hydrogens (tertiary/aromatic N) is 7. The summed E-state index contributed by atoms with van der Waals surface area (Å²) in [5, 5.41) is 48.1. The van der Waals surface area contributed by atoms with Gasteiger partial charge in [0.15, 0.2) is 0 Å². The minimum Gasteiger partial charge on any atom is -0.311 e. The molecule has 10 aromatic carbocycles. The molecule has 13 rings (SSSR count). The molecule has 1 aromatic heterocycles. The van der Waals surface area contributed by atoms with E-state index in [9.17, 15) is 21.0 Å². The number of rotatable bonds is 4. The highest BCUT2D eigenvalue weighted by Crippen LogP contribution is 2.48. The maximum absolute atomic E-state index is 10.4. The minimum absolute atomic E-state index is 0.270. The van der Waals surface area contributed by atoms with Crippen LogP contribution < -0.4 is 26.2 Å². The van der Waals surface area contributed by atoms with E-state index in [1.807, 2.05) is 42.5 Å². The summed E-state index contributed by atoms with van der Waals surface area (Å²) in [4.78, 5) is 4.44. The van der Waals surface area contributed by atoms with Gasteiger partial charge in [-0.1, -0.05) is 109 Å². The third-order valence-corrected chi connectivity index (χ3v) is 13.7. The first-order valence-corrected chi connectivity index (χ1v) is 22.3. The van der Waals surface area contributed by atoms with E-state index in [0.717, 1.165) is 99.3 Å². The van der Waals surface area contributed by atoms with Gasteiger partial charge in [0.2, 0.25) is 0 Å². The first kappa shape index (κ1) is 38.6. The first-order valence-electron chi connectivity index (χ1n) is 22.3. The van der Waals surface area contributed by atoms with E-state index in [4.69, 9.17) is 0 Å². The Bertz CT molecular complexity index is 3930. The van der Waals surface area contributed by atoms with Crippen molar-refractivity contribution < 1.29 is 0 Å². The maximum atomic E-state index is 10.4. The van der Waals surface area contributed by atoms with Crippen molar-refractivity contribution in [3.05, 3.63) is 216 Å². The number of anilines is 6. The van der Waals surface area contributed by atoms with Crippen LogP contribution in [0.1, 0.15) is 22.3 Å². The summed E-state index contributed by atoms with van der Waals surface area (Å²) >= 11 is 0. The van der Waals surface area contributed by atoms with Gasteiger partial charge < -0.3 is 14.4 Å². The van der Waals surface area contributed by atoms with Crippen molar-refractivity contribution in [2.24, 2.45) is 0 Å². The molecule has 0 saturated carbocycles. The molecule has 0 fully saturated rings. The molecule has 0 aliphatic carbocycles. The van der Waals surface area contributed by atoms with E-state index in [1.54, 1.807) is 12.1 Å². The number of nitriles is 4. The van der Waals surface area contributed by atoms with Gasteiger partial charge in [0, 0.05) is 50.6 Å². The predicted octanol–water partition coefficient (Wildman–Crippen LogP) is 12.3. The zero-order valence-corrected chi connectivity index (χ0v) is 36.2. The summed E-state index contributed by atoms with van der Waals surface area (Å²) in [5.74, 6) is 0. The molecule has 0 atom stereocenters. The Balaban J connectivity index is 1.19. The fraction of sp³-hybridized carbons (Fsp3) is 0. The quantitative estimate of drug-likeness (QED) is 0.163. The van der Waals surface area contributed by atoms with Gasteiger partial charge in [-0.25, -0.2) is 0 Å². The van der Waals surface area contributed by atoms with Crippen LogP contribution in [0.25, 0.3) is 60.2 Å². The molecule has 68 heavy (non-hydrogen) atoms. The normalized spacial score (nSPS) is 12.3. The van der Waals surface area contributed by atoms with Gasteiger partial charge in [-0.2, -0.15) is 21.0 Å². The van der Waals surface area contributed by atoms with Crippen molar-refractivity contribution in [2.45, 2.75) is 0 Å². The molecule has 0 unspecified atom stereocenters. The number of benzene rings is 10. The van der Waals surface area contributed by atoms with Crippen LogP contribution in [0.5, 0.6) is 0 Å². The highest BCUT2D eigenvalue weighted by atomic mass is 15.2. The summed E-state index contributed by atoms with van der Waals surface area (Å²) in [6.07, 6.45) is 0. The summed E-state index contributed by atoms with van der Waals surface area (Å²) in [7, 11) is 0. The molecule has 2 aliphatic heterocycles. The van der Waals surface area contributed by atoms with E-state index in [-0.39, 0.29) is 6.71 Å². The second-order valence-electron chi connectivity index (χ2n) is 17.5. The predicted molar refractivity (Wildman–Crippen MR) is 274 cm³/mol. The number of fused-ring (bicyclic) bond motifs is 9. The monoisotopic (exact) mass is 861 g/mol. The van der Waals surface area contributed by atoms with Gasteiger partial charge in [0.1, 0.15) is 0 Å². The Morgan fingerprint density at radius 2 is 0.794 bits per heavy atom. The lowest BCUT2D eigenvalue weighted by atomic mass is 9.33. The fourth-order valence-corrected chi connectivity index (χ4v) is 10.8. The van der Waals surface area contributed by atoms with Crippen molar-refractivity contribution in [3.8, 4) is 41.1 Å². The van der Waals surface area contributed by atoms with Crippen LogP contribution >= 0.6 is 0 Å². The molecule has 0 spiro atoms. The zero-order valence-electron chi connectivity index (χ0n) is 36.2. The van der Waals surface area contributed by atoms with Crippen LogP contribution in [-0.2, 0) is 0 Å². The molecule has 310 valence electrons. The van der Waals surface area contributed by atoms with Crippen LogP contribution in [0, 0.1) is 45.3 Å². The van der Waals surface area contributed by atoms with E-state index in [1.165, 1.54) is 0 Å². The minimum atomic E-state index is -0.270. The Morgan fingerprint density at radius 1 is 0.338 bits per heavy atom. The van der Waals surface area contributed by atoms with Crippen LogP contribution in [0.2, 0.25) is 0 Å². The van der Waals surface area contributed by atoms with E-state index in [0.29, 0.717) is 33.6 Å². The smallest absolute Gasteiger partial charge is 0.252 e. The Hall–Kier alpha value is -9.86. The second-order valence-corrected chi connectivity index (χ2v) is 17.5. The van der Waals surface area contributed by atoms with Crippen molar-refractivity contribution in [3.63, 3.8) is 0 Å². The van der Waals surface area contributed by atoms with Crippen LogP contribution in [0.3, 0.4) is 0 Å². The standard InChI is InChI=1S/C60H32BN7/c62-33-37-20-38(34-63)23-48(22-37)67-56-29-43-12-6-4-10-41(43)26-52(56)61-53-27-42-11-5-7-13-44(42)30-57(53)68(49-24-39(35-64)21-40(25-49)36-65)59-32-46(31-58(67)60(59)61)45-18-19-51-50-16-8-9-17-54(50)66(55(51)28-45)47-14-2-1-3-15-47/h1-32H. The summed E-state index contributed by atoms with van der Waals surface area (Å²) < 4.78 is 2.32. The highest BCUT2D eigenvalue weighted by Gasteiger charge is 2.44. The number of hydrogen-bond donors (Lipinski definition) is 0. The lowest BCUT2D eigenvalue weighted by Crippen LogP contribution is -2.61. The first-order chi connectivity index (χ1) is 33.5. The molecule has 7 nitrogen and oxygen atoms in total. The highest BCUT2D eigenvalue weighted by molar-refractivity contribution is 7.00. The van der Waals surface area contributed by atoms with E-state index < -0.39 is 0 Å². The Kier molecular flexibility index (Phi) is 8.43. The third-order valence-electron chi connectivity index (χ3n) is 13.7. The molecule has 11 aromatic rings. The average Bonchev–Trinajstić information content (AvgIpc) is 3.73. The maximum Gasteiger partial charge on any atom is 0.252 e. The average molecular weight is 862 g/mol. The molecule has 8 heteroatoms. The second kappa shape index (κ2) is 14.8. The Labute approximate surface area is 391 Å². The number of hydrogen-bond acceptors (Lipinski definition) is 6. The van der Waals surface area contributed by atoms with Gasteiger partial charge in [0.25, 0.3) is 6.71 Å². The molecule has 0 saturated heterocycles. The third kappa shape index (κ3) is 5.76. The van der Waals surface area contributed by atoms with Crippen LogP contribution in [0.15, 0.2) is 194 Å². The van der Waals surface area contributed by atoms with Crippen molar-refractivity contribution in [1.82, 2.24) is 4.57 Å². The van der Waals surface area contributed by atoms with Crippen LogP contribution in [0.4, 0.5) is 34.1 Å². The summed E-state index contributed by atoms with van der Waals surface area (Å²) in [6, 6.07) is 75.9. The molecule has 0 amide bonds. The largest absolute Gasteiger partial charge is 0.311 e. The lowest BCUT2D eigenvalue weighted by molar-refractivity contribution is 1.18. The number of aromatic nitrogens is 1. The van der Waals surface area contributed by atoms with Crippen molar-refractivity contribution >= 4 is 101 Å². The molecule has 0 N–H and O–H groups in total. The lowest BCUT2D eigenvalue weighted by Gasteiger charge is -2.44. The summed E-state index contributed by atoms with van der Waals surface area (Å²) in [6.45, 7) is -0.270. The van der Waals surface area contributed by atoms with Crippen molar-refractivity contribution in [2.75, 3.05) is 9.80 Å². The molecule has 3 heterocycles. The van der Waals surface area contributed by atoms with E-state index >= 15 is 0 Å². The number of para-hydroxylation sites is 2. The molecule has 0 bridgehead atoms. The van der Waals surface area contributed by atoms with Crippen LogP contribution in [-0.4, -0.2) is 11.3 Å². The topological polar surface area (TPSA) is 107 Å². The van der Waals surface area contributed by atoms with Gasteiger partial charge in [-0.05, 0) is 134 Å². The van der Waals surface area contributed by atoms with Gasteiger partial charge in [-0.15, -0.1) is 0 Å². The van der Waals surface area contributed by atoms with Crippen molar-refractivity contribution in [1.29, 1.82) is 21.0 Å². The fourth-order valence-electron chi connectivity index (χ4n) is 10.8. The van der Waals surface area contributed by atoms with Gasteiger partial charge >= 0.3 is 0 Å². The molecule has 2 aliphatic rings. The molecular weight excluding hydrogens is 830 g/mol. The zero-order chi connectivity index (χ0) is 45.6. The Morgan fingerprint density at radius 3 is 1.31 bits per heavy atom. The van der Waals surface area contributed by atoms with Gasteiger partial charge in [-0.3, -0.25) is 0 Å². The van der Waals surface area contributed by atoms with Gasteiger partial charge in [0.05, 0.1) is 57.6 Å². The molecular formula is C60H32BN7.